The molecule has 3 aromatic rings. The molecule has 0 unspecified atom stereocenters. The molecule has 33 heavy (non-hydrogen) atoms. The molecule has 0 aliphatic rings. The number of carbonyl (C=O) groups excluding carboxylic acids is 1. The van der Waals surface area contributed by atoms with Crippen LogP contribution in [0.15, 0.2) is 67.0 Å². The molecule has 0 saturated heterocycles. The van der Waals surface area contributed by atoms with Crippen LogP contribution in [-0.4, -0.2) is 34.7 Å². The number of halogens is 2. The van der Waals surface area contributed by atoms with E-state index in [9.17, 15) is 18.7 Å². The van der Waals surface area contributed by atoms with Gasteiger partial charge in [-0.05, 0) is 53.3 Å². The Morgan fingerprint density at radius 2 is 1.73 bits per heavy atom. The Balaban J connectivity index is 1.65. The smallest absolute Gasteiger partial charge is 0.224 e. The number of aliphatic hydroxyl groups is 1. The van der Waals surface area contributed by atoms with Crippen molar-refractivity contribution in [3.8, 4) is 0 Å². The monoisotopic (exact) mass is 453 g/mol. The summed E-state index contributed by atoms with van der Waals surface area (Å²) in [5, 5.41) is 16.8. The molecule has 3 N–H and O–H groups in total. The SMILES string of the molecule is CCc1cccc(CNC[C@@H](O)[C@H](Cc2cc(F)cc(F)c2)NC(=O)Cc2cccnc2)c1. The molecule has 0 aliphatic heterocycles. The minimum absolute atomic E-state index is 0.0849. The summed E-state index contributed by atoms with van der Waals surface area (Å²) in [6.07, 6.45) is 3.36. The molecule has 1 amide bonds. The molecule has 0 fully saturated rings. The molecule has 174 valence electrons. The molecule has 7 heteroatoms. The maximum Gasteiger partial charge on any atom is 0.224 e. The van der Waals surface area contributed by atoms with Crippen molar-refractivity contribution >= 4 is 5.91 Å². The van der Waals surface area contributed by atoms with Crippen LogP contribution in [0.4, 0.5) is 8.78 Å². The predicted molar refractivity (Wildman–Crippen MR) is 123 cm³/mol. The number of benzene rings is 2. The second kappa shape index (κ2) is 12.2. The van der Waals surface area contributed by atoms with Crippen LogP contribution in [0.1, 0.15) is 29.2 Å². The molecule has 3 rings (SSSR count). The van der Waals surface area contributed by atoms with E-state index in [1.807, 2.05) is 12.1 Å². The zero-order valence-corrected chi connectivity index (χ0v) is 18.6. The molecule has 0 aliphatic carbocycles. The van der Waals surface area contributed by atoms with Crippen LogP contribution in [-0.2, 0) is 30.6 Å². The van der Waals surface area contributed by atoms with Crippen molar-refractivity contribution in [2.75, 3.05) is 6.54 Å². The van der Waals surface area contributed by atoms with Crippen LogP contribution < -0.4 is 10.6 Å². The number of nitrogens with zero attached hydrogens (tertiary/aromatic N) is 1. The highest BCUT2D eigenvalue weighted by Gasteiger charge is 2.22. The van der Waals surface area contributed by atoms with Crippen LogP contribution in [0.3, 0.4) is 0 Å². The summed E-state index contributed by atoms with van der Waals surface area (Å²) in [5.74, 6) is -1.71. The molecule has 1 heterocycles. The molecule has 2 atom stereocenters. The Labute approximate surface area is 192 Å². The first-order chi connectivity index (χ1) is 15.9. The lowest BCUT2D eigenvalue weighted by Crippen LogP contribution is -2.49. The second-order valence-electron chi connectivity index (χ2n) is 8.07. The van der Waals surface area contributed by atoms with Crippen LogP contribution in [0.2, 0.25) is 0 Å². The first-order valence-corrected chi connectivity index (χ1v) is 11.0. The van der Waals surface area contributed by atoms with E-state index in [0.717, 1.165) is 23.6 Å². The predicted octanol–water partition coefficient (Wildman–Crippen LogP) is 3.34. The number of hydrogen-bond acceptors (Lipinski definition) is 4. The van der Waals surface area contributed by atoms with E-state index < -0.39 is 23.8 Å². The second-order valence-corrected chi connectivity index (χ2v) is 8.07. The van der Waals surface area contributed by atoms with Crippen molar-refractivity contribution in [2.24, 2.45) is 0 Å². The van der Waals surface area contributed by atoms with Gasteiger partial charge in [0.15, 0.2) is 0 Å². The van der Waals surface area contributed by atoms with Gasteiger partial charge in [-0.15, -0.1) is 0 Å². The van der Waals surface area contributed by atoms with Gasteiger partial charge in [0.2, 0.25) is 5.91 Å². The lowest BCUT2D eigenvalue weighted by atomic mass is 10.00. The zero-order valence-electron chi connectivity index (χ0n) is 18.6. The number of pyridine rings is 1. The summed E-state index contributed by atoms with van der Waals surface area (Å²) in [6, 6.07) is 14.2. The molecule has 5 nitrogen and oxygen atoms in total. The van der Waals surface area contributed by atoms with E-state index in [0.29, 0.717) is 12.1 Å². The average Bonchev–Trinajstić information content (AvgIpc) is 2.78. The summed E-state index contributed by atoms with van der Waals surface area (Å²) in [4.78, 5) is 16.6. The van der Waals surface area contributed by atoms with Gasteiger partial charge in [0.1, 0.15) is 11.6 Å². The Bertz CT molecular complexity index is 1030. The molecular weight excluding hydrogens is 424 g/mol. The van der Waals surface area contributed by atoms with Gasteiger partial charge in [0.05, 0.1) is 18.6 Å². The normalized spacial score (nSPS) is 12.8. The van der Waals surface area contributed by atoms with Gasteiger partial charge < -0.3 is 15.7 Å². The summed E-state index contributed by atoms with van der Waals surface area (Å²) in [5.41, 5.74) is 3.40. The number of aliphatic hydroxyl groups excluding tert-OH is 1. The van der Waals surface area contributed by atoms with Crippen molar-refractivity contribution < 1.29 is 18.7 Å². The van der Waals surface area contributed by atoms with E-state index >= 15 is 0 Å². The standard InChI is InChI=1S/C26H29F2N3O2/c1-2-18-5-3-6-19(9-18)16-30-17-25(32)24(12-21-10-22(27)14-23(28)11-21)31-26(33)13-20-7-4-8-29-15-20/h3-11,14-15,24-25,30,32H,2,12-13,16-17H2,1H3,(H,31,33)/t24-,25+/m0/s1. The first kappa shape index (κ1) is 24.5. The zero-order chi connectivity index (χ0) is 23.6. The minimum Gasteiger partial charge on any atom is -0.390 e. The lowest BCUT2D eigenvalue weighted by molar-refractivity contribution is -0.122. The number of carbonyl (C=O) groups is 1. The molecule has 0 bridgehead atoms. The average molecular weight is 454 g/mol. The fraction of sp³-hybridized carbons (Fsp3) is 0.308. The number of aryl methyl sites for hydroxylation is 1. The lowest BCUT2D eigenvalue weighted by Gasteiger charge is -2.25. The number of aromatic nitrogens is 1. The first-order valence-electron chi connectivity index (χ1n) is 11.0. The van der Waals surface area contributed by atoms with E-state index in [1.54, 1.807) is 24.5 Å². The van der Waals surface area contributed by atoms with Crippen molar-refractivity contribution in [3.05, 3.63) is 101 Å². The van der Waals surface area contributed by atoms with Crippen molar-refractivity contribution in [2.45, 2.75) is 44.9 Å². The Morgan fingerprint density at radius 1 is 1.00 bits per heavy atom. The third kappa shape index (κ3) is 8.04. The molecule has 0 spiro atoms. The van der Waals surface area contributed by atoms with Gasteiger partial charge in [-0.25, -0.2) is 8.78 Å². The maximum absolute atomic E-state index is 13.7. The highest BCUT2D eigenvalue weighted by atomic mass is 19.1. The van der Waals surface area contributed by atoms with E-state index in [2.05, 4.69) is 34.7 Å². The molecule has 1 aromatic heterocycles. The van der Waals surface area contributed by atoms with E-state index in [1.165, 1.54) is 17.7 Å². The van der Waals surface area contributed by atoms with Gasteiger partial charge in [-0.2, -0.15) is 0 Å². The number of hydrogen-bond donors (Lipinski definition) is 3. The van der Waals surface area contributed by atoms with Gasteiger partial charge in [-0.3, -0.25) is 9.78 Å². The largest absolute Gasteiger partial charge is 0.390 e. The molecule has 0 saturated carbocycles. The Hall–Kier alpha value is -3.16. The van der Waals surface area contributed by atoms with E-state index in [-0.39, 0.29) is 25.3 Å². The molecule has 2 aromatic carbocycles. The van der Waals surface area contributed by atoms with Crippen molar-refractivity contribution in [3.63, 3.8) is 0 Å². The minimum atomic E-state index is -0.969. The fourth-order valence-electron chi connectivity index (χ4n) is 3.68. The van der Waals surface area contributed by atoms with Gasteiger partial charge in [0.25, 0.3) is 0 Å². The summed E-state index contributed by atoms with van der Waals surface area (Å²) in [7, 11) is 0. The summed E-state index contributed by atoms with van der Waals surface area (Å²) < 4.78 is 27.3. The maximum atomic E-state index is 13.7. The number of amides is 1. The number of nitrogens with one attached hydrogen (secondary N) is 2. The third-order valence-electron chi connectivity index (χ3n) is 5.36. The van der Waals surface area contributed by atoms with Gasteiger partial charge >= 0.3 is 0 Å². The Morgan fingerprint density at radius 3 is 2.42 bits per heavy atom. The fourth-order valence-corrected chi connectivity index (χ4v) is 3.68. The van der Waals surface area contributed by atoms with Crippen molar-refractivity contribution in [1.82, 2.24) is 15.6 Å². The Kier molecular flexibility index (Phi) is 9.04. The summed E-state index contributed by atoms with van der Waals surface area (Å²) >= 11 is 0. The van der Waals surface area contributed by atoms with Crippen LogP contribution in [0, 0.1) is 11.6 Å². The molecular formula is C26H29F2N3O2. The van der Waals surface area contributed by atoms with Crippen LogP contribution in [0.5, 0.6) is 0 Å². The van der Waals surface area contributed by atoms with Crippen LogP contribution in [0.25, 0.3) is 0 Å². The van der Waals surface area contributed by atoms with Crippen molar-refractivity contribution in [1.29, 1.82) is 0 Å². The highest BCUT2D eigenvalue weighted by molar-refractivity contribution is 5.78. The van der Waals surface area contributed by atoms with Gasteiger partial charge in [-0.1, -0.05) is 37.3 Å². The third-order valence-corrected chi connectivity index (χ3v) is 5.36. The molecule has 0 radical (unpaired) electrons. The topological polar surface area (TPSA) is 74.2 Å². The summed E-state index contributed by atoms with van der Waals surface area (Å²) in [6.45, 7) is 2.84. The van der Waals surface area contributed by atoms with E-state index in [4.69, 9.17) is 0 Å². The highest BCUT2D eigenvalue weighted by Crippen LogP contribution is 2.13. The quantitative estimate of drug-likeness (QED) is 0.416. The van der Waals surface area contributed by atoms with Gasteiger partial charge in [0, 0.05) is 31.5 Å². The van der Waals surface area contributed by atoms with Crippen LogP contribution >= 0.6 is 0 Å². The number of rotatable bonds is 11.